The third-order valence-electron chi connectivity index (χ3n) is 2.66. The Morgan fingerprint density at radius 1 is 1.33 bits per heavy atom. The van der Waals surface area contributed by atoms with Crippen LogP contribution in [0.3, 0.4) is 0 Å². The Hall–Kier alpha value is -0.710. The molecule has 102 valence electrons. The van der Waals surface area contributed by atoms with Crippen molar-refractivity contribution in [1.82, 2.24) is 5.32 Å². The second-order valence-electron chi connectivity index (χ2n) is 3.95. The Bertz CT molecular complexity index is 333. The predicted molar refractivity (Wildman–Crippen MR) is 78.6 cm³/mol. The molecule has 1 rings (SSSR count). The SMILES string of the molecule is CCNC(CSCCOC)c1cccc(OC)c1. The average Bonchev–Trinajstić information content (AvgIpc) is 2.42. The molecule has 0 bridgehead atoms. The highest BCUT2D eigenvalue weighted by molar-refractivity contribution is 7.99. The van der Waals surface area contributed by atoms with Crippen LogP contribution >= 0.6 is 11.8 Å². The molecule has 0 aliphatic carbocycles. The molecule has 0 fully saturated rings. The molecule has 1 aromatic carbocycles. The molecule has 0 amide bonds. The number of thioether (sulfide) groups is 1. The number of benzene rings is 1. The molecule has 0 spiro atoms. The Morgan fingerprint density at radius 3 is 2.83 bits per heavy atom. The highest BCUT2D eigenvalue weighted by Gasteiger charge is 2.10. The lowest BCUT2D eigenvalue weighted by molar-refractivity contribution is 0.218. The number of methoxy groups -OCH3 is 2. The van der Waals surface area contributed by atoms with Crippen molar-refractivity contribution in [3.63, 3.8) is 0 Å². The van der Waals surface area contributed by atoms with E-state index in [1.807, 2.05) is 23.9 Å². The van der Waals surface area contributed by atoms with Crippen LogP contribution < -0.4 is 10.1 Å². The molecule has 1 aromatic rings. The summed E-state index contributed by atoms with van der Waals surface area (Å²) in [4.78, 5) is 0. The summed E-state index contributed by atoms with van der Waals surface area (Å²) in [6, 6.07) is 8.63. The number of ether oxygens (including phenoxy) is 2. The summed E-state index contributed by atoms with van der Waals surface area (Å²) in [5.74, 6) is 2.99. The lowest BCUT2D eigenvalue weighted by Crippen LogP contribution is -2.23. The topological polar surface area (TPSA) is 30.5 Å². The molecule has 0 saturated heterocycles. The molecule has 0 aromatic heterocycles. The van der Waals surface area contributed by atoms with Gasteiger partial charge in [-0.1, -0.05) is 19.1 Å². The summed E-state index contributed by atoms with van der Waals surface area (Å²) >= 11 is 1.91. The van der Waals surface area contributed by atoms with Gasteiger partial charge in [-0.2, -0.15) is 11.8 Å². The molecule has 0 aliphatic rings. The van der Waals surface area contributed by atoms with Crippen molar-refractivity contribution in [2.24, 2.45) is 0 Å². The molecular weight excluding hydrogens is 246 g/mol. The second-order valence-corrected chi connectivity index (χ2v) is 5.10. The minimum absolute atomic E-state index is 0.368. The summed E-state index contributed by atoms with van der Waals surface area (Å²) < 4.78 is 10.3. The Labute approximate surface area is 114 Å². The standard InChI is InChI=1S/C14H23NO2S/c1-4-15-14(11-18-9-8-16-2)12-6-5-7-13(10-12)17-3/h5-7,10,14-15H,4,8-9,11H2,1-3H3. The molecule has 0 saturated carbocycles. The molecule has 3 nitrogen and oxygen atoms in total. The van der Waals surface area contributed by atoms with Gasteiger partial charge in [-0.25, -0.2) is 0 Å². The predicted octanol–water partition coefficient (Wildman–Crippen LogP) is 2.73. The summed E-state index contributed by atoms with van der Waals surface area (Å²) in [5.41, 5.74) is 1.28. The van der Waals surface area contributed by atoms with Crippen molar-refractivity contribution in [2.75, 3.05) is 38.9 Å². The summed E-state index contributed by atoms with van der Waals surface area (Å²) in [5, 5.41) is 3.51. The van der Waals surface area contributed by atoms with Crippen LogP contribution in [0.15, 0.2) is 24.3 Å². The molecule has 1 atom stereocenters. The van der Waals surface area contributed by atoms with Gasteiger partial charge in [0.05, 0.1) is 13.7 Å². The lowest BCUT2D eigenvalue weighted by Gasteiger charge is -2.18. The van der Waals surface area contributed by atoms with Gasteiger partial charge in [0.25, 0.3) is 0 Å². The first kappa shape index (κ1) is 15.3. The number of hydrogen-bond donors (Lipinski definition) is 1. The van der Waals surface area contributed by atoms with E-state index in [0.717, 1.165) is 30.4 Å². The van der Waals surface area contributed by atoms with E-state index in [2.05, 4.69) is 24.4 Å². The number of rotatable bonds is 9. The van der Waals surface area contributed by atoms with Crippen LogP contribution in [0.5, 0.6) is 5.75 Å². The van der Waals surface area contributed by atoms with Gasteiger partial charge in [-0.15, -0.1) is 0 Å². The first-order valence-electron chi connectivity index (χ1n) is 6.25. The van der Waals surface area contributed by atoms with Crippen molar-refractivity contribution in [3.8, 4) is 5.75 Å². The van der Waals surface area contributed by atoms with Crippen molar-refractivity contribution < 1.29 is 9.47 Å². The zero-order valence-corrected chi connectivity index (χ0v) is 12.3. The average molecular weight is 269 g/mol. The van der Waals surface area contributed by atoms with Crippen LogP contribution in [-0.2, 0) is 4.74 Å². The maximum atomic E-state index is 5.27. The number of nitrogens with one attached hydrogen (secondary N) is 1. The number of hydrogen-bond acceptors (Lipinski definition) is 4. The van der Waals surface area contributed by atoms with Crippen LogP contribution in [0, 0.1) is 0 Å². The Morgan fingerprint density at radius 2 is 2.17 bits per heavy atom. The molecule has 0 aliphatic heterocycles. The van der Waals surface area contributed by atoms with E-state index in [9.17, 15) is 0 Å². The van der Waals surface area contributed by atoms with Crippen molar-refractivity contribution >= 4 is 11.8 Å². The van der Waals surface area contributed by atoms with Gasteiger partial charge in [0.15, 0.2) is 0 Å². The van der Waals surface area contributed by atoms with Crippen LogP contribution in [0.4, 0.5) is 0 Å². The molecule has 0 heterocycles. The maximum Gasteiger partial charge on any atom is 0.119 e. The van der Waals surface area contributed by atoms with E-state index in [0.29, 0.717) is 6.04 Å². The van der Waals surface area contributed by atoms with E-state index in [-0.39, 0.29) is 0 Å². The molecule has 1 unspecified atom stereocenters. The van der Waals surface area contributed by atoms with E-state index in [1.165, 1.54) is 5.56 Å². The van der Waals surface area contributed by atoms with Gasteiger partial charge >= 0.3 is 0 Å². The fourth-order valence-electron chi connectivity index (χ4n) is 1.72. The lowest BCUT2D eigenvalue weighted by atomic mass is 10.1. The van der Waals surface area contributed by atoms with Gasteiger partial charge in [-0.05, 0) is 24.2 Å². The van der Waals surface area contributed by atoms with E-state index in [1.54, 1.807) is 14.2 Å². The van der Waals surface area contributed by atoms with E-state index < -0.39 is 0 Å². The highest BCUT2D eigenvalue weighted by Crippen LogP contribution is 2.22. The zero-order chi connectivity index (χ0) is 13.2. The maximum absolute atomic E-state index is 5.27. The summed E-state index contributed by atoms with van der Waals surface area (Å²) in [7, 11) is 3.44. The van der Waals surface area contributed by atoms with Crippen LogP contribution in [-0.4, -0.2) is 38.9 Å². The fraction of sp³-hybridized carbons (Fsp3) is 0.571. The van der Waals surface area contributed by atoms with E-state index >= 15 is 0 Å². The van der Waals surface area contributed by atoms with Gasteiger partial charge < -0.3 is 14.8 Å². The van der Waals surface area contributed by atoms with Gasteiger partial charge in [-0.3, -0.25) is 0 Å². The van der Waals surface area contributed by atoms with Gasteiger partial charge in [0.2, 0.25) is 0 Å². The van der Waals surface area contributed by atoms with Crippen LogP contribution in [0.1, 0.15) is 18.5 Å². The molecular formula is C14H23NO2S. The monoisotopic (exact) mass is 269 g/mol. The van der Waals surface area contributed by atoms with Gasteiger partial charge in [0.1, 0.15) is 5.75 Å². The summed E-state index contributed by atoms with van der Waals surface area (Å²) in [6.07, 6.45) is 0. The zero-order valence-electron chi connectivity index (χ0n) is 11.4. The molecule has 18 heavy (non-hydrogen) atoms. The van der Waals surface area contributed by atoms with Crippen molar-refractivity contribution in [3.05, 3.63) is 29.8 Å². The smallest absolute Gasteiger partial charge is 0.119 e. The Kier molecular flexibility index (Phi) is 7.89. The quantitative estimate of drug-likeness (QED) is 0.698. The summed E-state index contributed by atoms with van der Waals surface area (Å²) in [6.45, 7) is 3.90. The largest absolute Gasteiger partial charge is 0.497 e. The Balaban J connectivity index is 2.58. The molecule has 1 N–H and O–H groups in total. The second kappa shape index (κ2) is 9.25. The molecule has 0 radical (unpaired) electrons. The van der Waals surface area contributed by atoms with Crippen molar-refractivity contribution in [1.29, 1.82) is 0 Å². The fourth-order valence-corrected chi connectivity index (χ4v) is 2.72. The minimum atomic E-state index is 0.368. The van der Waals surface area contributed by atoms with Crippen LogP contribution in [0.25, 0.3) is 0 Å². The third kappa shape index (κ3) is 5.29. The first-order valence-corrected chi connectivity index (χ1v) is 7.41. The normalized spacial score (nSPS) is 12.4. The highest BCUT2D eigenvalue weighted by atomic mass is 32.2. The molecule has 4 heteroatoms. The van der Waals surface area contributed by atoms with Crippen molar-refractivity contribution in [2.45, 2.75) is 13.0 Å². The van der Waals surface area contributed by atoms with Gasteiger partial charge in [0, 0.05) is 24.7 Å². The minimum Gasteiger partial charge on any atom is -0.497 e. The van der Waals surface area contributed by atoms with Crippen LogP contribution in [0.2, 0.25) is 0 Å². The third-order valence-corrected chi connectivity index (χ3v) is 3.69. The first-order chi connectivity index (χ1) is 8.81. The van der Waals surface area contributed by atoms with E-state index in [4.69, 9.17) is 9.47 Å².